The summed E-state index contributed by atoms with van der Waals surface area (Å²) >= 11 is 0. The van der Waals surface area contributed by atoms with Crippen molar-refractivity contribution in [1.82, 2.24) is 19.9 Å². The first-order valence-electron chi connectivity index (χ1n) is 7.86. The molecule has 7 heteroatoms. The van der Waals surface area contributed by atoms with Crippen molar-refractivity contribution in [3.63, 3.8) is 0 Å². The third kappa shape index (κ3) is 3.30. The van der Waals surface area contributed by atoms with Gasteiger partial charge in [-0.2, -0.15) is 4.98 Å². The van der Waals surface area contributed by atoms with Crippen molar-refractivity contribution in [2.24, 2.45) is 0 Å². The minimum Gasteiger partial charge on any atom is -0.379 e. The van der Waals surface area contributed by atoms with Crippen molar-refractivity contribution in [3.05, 3.63) is 11.7 Å². The Bertz CT molecular complexity index is 531. The molecule has 0 unspecified atom stereocenters. The number of likely N-dealkylation sites (tertiary alicyclic amines) is 1. The Morgan fingerprint density at radius 1 is 1.27 bits per heavy atom. The SMILES string of the molecule is CC(C)(C)N1C[C@H](c2nc(CN3CCOCC3)no2)CC1=O. The highest BCUT2D eigenvalue weighted by Crippen LogP contribution is 2.31. The van der Waals surface area contributed by atoms with Gasteiger partial charge in [-0.1, -0.05) is 5.16 Å². The lowest BCUT2D eigenvalue weighted by Gasteiger charge is -2.31. The Hall–Kier alpha value is -1.47. The smallest absolute Gasteiger partial charge is 0.232 e. The highest BCUT2D eigenvalue weighted by atomic mass is 16.5. The molecule has 2 aliphatic rings. The maximum atomic E-state index is 12.1. The van der Waals surface area contributed by atoms with E-state index in [1.807, 2.05) is 25.7 Å². The highest BCUT2D eigenvalue weighted by molar-refractivity contribution is 5.80. The number of amides is 1. The van der Waals surface area contributed by atoms with Crippen LogP contribution in [0.25, 0.3) is 0 Å². The average Bonchev–Trinajstić information content (AvgIpc) is 3.06. The molecule has 3 heterocycles. The summed E-state index contributed by atoms with van der Waals surface area (Å²) < 4.78 is 10.7. The molecule has 7 nitrogen and oxygen atoms in total. The first-order valence-corrected chi connectivity index (χ1v) is 7.86. The van der Waals surface area contributed by atoms with Gasteiger partial charge in [0, 0.05) is 31.6 Å². The lowest BCUT2D eigenvalue weighted by molar-refractivity contribution is -0.131. The number of hydrogen-bond acceptors (Lipinski definition) is 6. The molecule has 0 bridgehead atoms. The maximum Gasteiger partial charge on any atom is 0.232 e. The summed E-state index contributed by atoms with van der Waals surface area (Å²) in [6.45, 7) is 10.8. The van der Waals surface area contributed by atoms with Gasteiger partial charge in [0.2, 0.25) is 11.8 Å². The summed E-state index contributed by atoms with van der Waals surface area (Å²) in [4.78, 5) is 20.8. The maximum absolute atomic E-state index is 12.1. The Morgan fingerprint density at radius 3 is 2.64 bits per heavy atom. The van der Waals surface area contributed by atoms with Crippen molar-refractivity contribution in [2.45, 2.75) is 45.2 Å². The van der Waals surface area contributed by atoms with Crippen molar-refractivity contribution < 1.29 is 14.1 Å². The summed E-state index contributed by atoms with van der Waals surface area (Å²) in [7, 11) is 0. The molecule has 2 fully saturated rings. The second kappa shape index (κ2) is 5.96. The normalized spacial score (nSPS) is 24.2. The van der Waals surface area contributed by atoms with Crippen LogP contribution in [0.5, 0.6) is 0 Å². The zero-order valence-electron chi connectivity index (χ0n) is 13.5. The van der Waals surface area contributed by atoms with Gasteiger partial charge >= 0.3 is 0 Å². The molecule has 1 aromatic rings. The van der Waals surface area contributed by atoms with Gasteiger partial charge in [-0.15, -0.1) is 0 Å². The van der Waals surface area contributed by atoms with Crippen LogP contribution in [0.2, 0.25) is 0 Å². The number of ether oxygens (including phenoxy) is 1. The molecule has 2 aliphatic heterocycles. The van der Waals surface area contributed by atoms with Crippen molar-refractivity contribution in [3.8, 4) is 0 Å². The third-order valence-corrected chi connectivity index (χ3v) is 4.24. The van der Waals surface area contributed by atoms with E-state index in [9.17, 15) is 4.79 Å². The minimum absolute atomic E-state index is 0.0117. The number of morpholine rings is 1. The predicted molar refractivity (Wildman–Crippen MR) is 79.2 cm³/mol. The Balaban J connectivity index is 1.63. The van der Waals surface area contributed by atoms with Gasteiger partial charge < -0.3 is 14.2 Å². The number of rotatable bonds is 3. The topological polar surface area (TPSA) is 71.7 Å². The Morgan fingerprint density at radius 2 is 2.00 bits per heavy atom. The summed E-state index contributed by atoms with van der Waals surface area (Å²) in [6, 6.07) is 0. The summed E-state index contributed by atoms with van der Waals surface area (Å²) in [6.07, 6.45) is 0.455. The Kier molecular flexibility index (Phi) is 4.18. The van der Waals surface area contributed by atoms with Crippen LogP contribution in [0.3, 0.4) is 0 Å². The van der Waals surface area contributed by atoms with E-state index in [1.54, 1.807) is 0 Å². The number of nitrogens with zero attached hydrogens (tertiary/aromatic N) is 4. The molecule has 22 heavy (non-hydrogen) atoms. The highest BCUT2D eigenvalue weighted by Gasteiger charge is 2.39. The van der Waals surface area contributed by atoms with Crippen LogP contribution in [0.4, 0.5) is 0 Å². The number of hydrogen-bond donors (Lipinski definition) is 0. The van der Waals surface area contributed by atoms with Crippen molar-refractivity contribution >= 4 is 5.91 Å². The molecule has 0 N–H and O–H groups in total. The molecule has 0 spiro atoms. The molecule has 1 atom stereocenters. The lowest BCUT2D eigenvalue weighted by atomic mass is 10.1. The minimum atomic E-state index is -0.164. The number of aromatic nitrogens is 2. The van der Waals surface area contributed by atoms with Crippen LogP contribution in [0, 0.1) is 0 Å². The molecule has 0 aromatic carbocycles. The molecule has 122 valence electrons. The molecule has 1 amide bonds. The van der Waals surface area contributed by atoms with Gasteiger partial charge in [-0.25, -0.2) is 0 Å². The molecular formula is C15H24N4O3. The summed E-state index contributed by atoms with van der Waals surface area (Å²) in [5, 5.41) is 4.07. The van der Waals surface area contributed by atoms with E-state index in [1.165, 1.54) is 0 Å². The van der Waals surface area contributed by atoms with Crippen LogP contribution in [-0.2, 0) is 16.1 Å². The third-order valence-electron chi connectivity index (χ3n) is 4.24. The Labute approximate surface area is 130 Å². The fourth-order valence-corrected chi connectivity index (χ4v) is 2.98. The quantitative estimate of drug-likeness (QED) is 0.830. The van der Waals surface area contributed by atoms with Gasteiger partial charge in [0.15, 0.2) is 5.82 Å². The second-order valence-electron chi connectivity index (χ2n) is 7.01. The summed E-state index contributed by atoms with van der Waals surface area (Å²) in [5.41, 5.74) is -0.164. The molecule has 3 rings (SSSR count). The average molecular weight is 308 g/mol. The van der Waals surface area contributed by atoms with E-state index in [0.29, 0.717) is 31.2 Å². The first-order chi connectivity index (χ1) is 10.4. The fraction of sp³-hybridized carbons (Fsp3) is 0.800. The molecule has 0 radical (unpaired) electrons. The van der Waals surface area contributed by atoms with Gasteiger partial charge in [0.05, 0.1) is 25.7 Å². The molecule has 0 saturated carbocycles. The van der Waals surface area contributed by atoms with E-state index < -0.39 is 0 Å². The van der Waals surface area contributed by atoms with E-state index in [2.05, 4.69) is 15.0 Å². The van der Waals surface area contributed by atoms with Gasteiger partial charge in [-0.3, -0.25) is 9.69 Å². The van der Waals surface area contributed by atoms with Crippen molar-refractivity contribution in [1.29, 1.82) is 0 Å². The monoisotopic (exact) mass is 308 g/mol. The standard InChI is InChI=1S/C15H24N4O3/c1-15(2,3)19-9-11(8-13(19)20)14-16-12(17-22-14)10-18-4-6-21-7-5-18/h11H,4-10H2,1-3H3/t11-/m1/s1. The zero-order valence-corrected chi connectivity index (χ0v) is 13.5. The van der Waals surface area contributed by atoms with Crippen LogP contribution in [0.1, 0.15) is 44.8 Å². The summed E-state index contributed by atoms with van der Waals surface area (Å²) in [5.74, 6) is 1.45. The van der Waals surface area contributed by atoms with Gasteiger partial charge in [-0.05, 0) is 20.8 Å². The number of carbonyl (C=O) groups is 1. The zero-order chi connectivity index (χ0) is 15.7. The van der Waals surface area contributed by atoms with E-state index in [4.69, 9.17) is 9.26 Å². The largest absolute Gasteiger partial charge is 0.379 e. The number of carbonyl (C=O) groups excluding carboxylic acids is 1. The van der Waals surface area contributed by atoms with Crippen molar-refractivity contribution in [2.75, 3.05) is 32.8 Å². The molecule has 1 aromatic heterocycles. The molecule has 2 saturated heterocycles. The van der Waals surface area contributed by atoms with Crippen LogP contribution in [-0.4, -0.2) is 64.2 Å². The fourth-order valence-electron chi connectivity index (χ4n) is 2.98. The predicted octanol–water partition coefficient (Wildman–Crippen LogP) is 1.02. The second-order valence-corrected chi connectivity index (χ2v) is 7.01. The lowest BCUT2D eigenvalue weighted by Crippen LogP contribution is -2.42. The van der Waals surface area contributed by atoms with Crippen LogP contribution in [0.15, 0.2) is 4.52 Å². The molecule has 0 aliphatic carbocycles. The van der Waals surface area contributed by atoms with E-state index >= 15 is 0 Å². The van der Waals surface area contributed by atoms with Gasteiger partial charge in [0.25, 0.3) is 0 Å². The first kappa shape index (κ1) is 15.4. The van der Waals surface area contributed by atoms with Gasteiger partial charge in [0.1, 0.15) is 0 Å². The van der Waals surface area contributed by atoms with Crippen LogP contribution < -0.4 is 0 Å². The van der Waals surface area contributed by atoms with E-state index in [-0.39, 0.29) is 17.4 Å². The van der Waals surface area contributed by atoms with E-state index in [0.717, 1.165) is 26.3 Å². The molecular weight excluding hydrogens is 284 g/mol. The van der Waals surface area contributed by atoms with Crippen LogP contribution >= 0.6 is 0 Å².